The van der Waals surface area contributed by atoms with Gasteiger partial charge in [-0.1, -0.05) is 30.3 Å². The number of nitrogens with one attached hydrogen (secondary N) is 6. The van der Waals surface area contributed by atoms with E-state index in [-0.39, 0.29) is 32.4 Å². The number of aliphatic hydroxyl groups excluding tert-OH is 3. The van der Waals surface area contributed by atoms with E-state index in [9.17, 15) is 63.3 Å². The summed E-state index contributed by atoms with van der Waals surface area (Å²) in [6.07, 6.45) is -2.75. The maximum Gasteiger partial charge on any atom is 0.326 e. The molecule has 1 aromatic carbocycles. The molecule has 24 nitrogen and oxygen atoms in total. The number of benzene rings is 1. The van der Waals surface area contributed by atoms with E-state index in [1.165, 1.54) is 13.8 Å². The van der Waals surface area contributed by atoms with Crippen LogP contribution >= 0.6 is 0 Å². The molecule has 62 heavy (non-hydrogen) atoms. The van der Waals surface area contributed by atoms with Crippen LogP contribution in [0.3, 0.4) is 0 Å². The zero-order valence-corrected chi connectivity index (χ0v) is 34.3. The highest BCUT2D eigenvalue weighted by atomic mass is 16.4. The maximum atomic E-state index is 13.7. The largest absolute Gasteiger partial charge is 0.480 e. The molecular weight excluding hydrogens is 820 g/mol. The molecule has 2 saturated heterocycles. The predicted octanol–water partition coefficient (Wildman–Crippen LogP) is -6.58. The quantitative estimate of drug-likeness (QED) is 0.0515. The number of nitrogens with two attached hydrogens (primary N) is 2. The molecule has 0 aromatic heterocycles. The van der Waals surface area contributed by atoms with Gasteiger partial charge in [-0.05, 0) is 45.1 Å². The summed E-state index contributed by atoms with van der Waals surface area (Å²) in [6.45, 7) is 0.496. The van der Waals surface area contributed by atoms with Crippen LogP contribution in [0.15, 0.2) is 30.3 Å². The topological polar surface area (TPSA) is 382 Å². The van der Waals surface area contributed by atoms with Crippen molar-refractivity contribution >= 4 is 59.1 Å². The van der Waals surface area contributed by atoms with Crippen LogP contribution in [0.5, 0.6) is 0 Å². The first-order valence-corrected chi connectivity index (χ1v) is 19.9. The fraction of sp³-hybridized carbons (Fsp3) is 0.579. The third kappa shape index (κ3) is 14.5. The van der Waals surface area contributed by atoms with Crippen LogP contribution in [0.4, 0.5) is 0 Å². The number of carbonyl (C=O) groups is 10. The number of nitrogens with zero attached hydrogens (tertiary/aromatic N) is 2. The van der Waals surface area contributed by atoms with Crippen molar-refractivity contribution < 1.29 is 68.4 Å². The summed E-state index contributed by atoms with van der Waals surface area (Å²) < 4.78 is 0. The Morgan fingerprint density at radius 3 is 1.89 bits per heavy atom. The normalized spacial score (nSPS) is 19.3. The van der Waals surface area contributed by atoms with Gasteiger partial charge in [-0.3, -0.25) is 43.2 Å². The van der Waals surface area contributed by atoms with Gasteiger partial charge in [-0.2, -0.15) is 0 Å². The molecule has 342 valence electrons. The van der Waals surface area contributed by atoms with E-state index in [1.54, 1.807) is 30.3 Å². The van der Waals surface area contributed by atoms with E-state index < -0.39 is 140 Å². The van der Waals surface area contributed by atoms with Crippen molar-refractivity contribution in [1.29, 1.82) is 0 Å². The van der Waals surface area contributed by atoms with Crippen LogP contribution in [0.25, 0.3) is 0 Å². The molecule has 2 aliphatic heterocycles. The molecular formula is C38H56N10O14. The Labute approximate surface area is 355 Å². The Hall–Kier alpha value is -6.24. The van der Waals surface area contributed by atoms with Gasteiger partial charge in [0, 0.05) is 19.5 Å². The van der Waals surface area contributed by atoms with Gasteiger partial charge < -0.3 is 73.6 Å². The molecule has 2 aliphatic rings. The summed E-state index contributed by atoms with van der Waals surface area (Å²) in [7, 11) is 0. The van der Waals surface area contributed by atoms with Crippen LogP contribution in [0.2, 0.25) is 0 Å². The Morgan fingerprint density at radius 1 is 0.726 bits per heavy atom. The molecule has 2 heterocycles. The van der Waals surface area contributed by atoms with Gasteiger partial charge in [0.25, 0.3) is 0 Å². The Bertz CT molecular complexity index is 1820. The first-order chi connectivity index (χ1) is 29.2. The molecule has 1 aromatic rings. The lowest BCUT2D eigenvalue weighted by molar-refractivity contribution is -0.148. The van der Waals surface area contributed by atoms with Crippen molar-refractivity contribution in [2.45, 2.75) is 107 Å². The number of aliphatic hydroxyl groups is 3. The molecule has 24 heteroatoms. The second-order valence-electron chi connectivity index (χ2n) is 15.0. The number of carboxylic acid groups (broad SMARTS) is 1. The molecule has 0 bridgehead atoms. The van der Waals surface area contributed by atoms with Crippen LogP contribution in [-0.2, 0) is 54.4 Å². The van der Waals surface area contributed by atoms with Gasteiger partial charge in [-0.15, -0.1) is 0 Å². The SMILES string of the molecule is C[C@@H](O)[C@H](NC(=O)[C@H](Cc1ccccc1)NC(=O)[C@H](CC(N)=O)NC(=O)CNC(=O)[C@@H]1CCCN1C(=O)[C@@H](NC(=O)[C@@H](N)CO)[C@@H](C)O)C(=O)NCC(=O)N1CCC[C@H]1C(=O)O. The van der Waals surface area contributed by atoms with E-state index in [1.807, 2.05) is 0 Å². The zero-order valence-electron chi connectivity index (χ0n) is 34.3. The number of likely N-dealkylation sites (tertiary alicyclic amines) is 2. The number of carboxylic acids is 1. The van der Waals surface area contributed by atoms with Gasteiger partial charge >= 0.3 is 5.97 Å². The fourth-order valence-corrected chi connectivity index (χ4v) is 6.84. The van der Waals surface area contributed by atoms with Crippen molar-refractivity contribution in [3.8, 4) is 0 Å². The van der Waals surface area contributed by atoms with Crippen LogP contribution in [0, 0.1) is 0 Å². The number of hydrogen-bond acceptors (Lipinski definition) is 14. The highest BCUT2D eigenvalue weighted by Gasteiger charge is 2.40. The van der Waals surface area contributed by atoms with Gasteiger partial charge in [0.2, 0.25) is 53.2 Å². The predicted molar refractivity (Wildman–Crippen MR) is 213 cm³/mol. The van der Waals surface area contributed by atoms with Crippen molar-refractivity contribution in [2.24, 2.45) is 11.5 Å². The molecule has 0 saturated carbocycles. The lowest BCUT2D eigenvalue weighted by Crippen LogP contribution is -2.60. The van der Waals surface area contributed by atoms with E-state index in [4.69, 9.17) is 16.6 Å². The summed E-state index contributed by atoms with van der Waals surface area (Å²) in [5.74, 6) is -9.54. The number of amides is 9. The first-order valence-electron chi connectivity index (χ1n) is 19.9. The maximum absolute atomic E-state index is 13.7. The van der Waals surface area contributed by atoms with Gasteiger partial charge in [0.05, 0.1) is 38.3 Å². The number of primary amides is 1. The summed E-state index contributed by atoms with van der Waals surface area (Å²) in [5, 5.41) is 53.2. The molecule has 2 fully saturated rings. The van der Waals surface area contributed by atoms with E-state index in [2.05, 4.69) is 31.9 Å². The summed E-state index contributed by atoms with van der Waals surface area (Å²) >= 11 is 0. The number of carbonyl (C=O) groups excluding carboxylic acids is 9. The van der Waals surface area contributed by atoms with Crippen molar-refractivity contribution in [1.82, 2.24) is 41.7 Å². The summed E-state index contributed by atoms with van der Waals surface area (Å²) in [5.41, 5.74) is 11.4. The molecule has 0 spiro atoms. The van der Waals surface area contributed by atoms with E-state index in [0.29, 0.717) is 18.4 Å². The van der Waals surface area contributed by atoms with Gasteiger partial charge in [0.15, 0.2) is 0 Å². The zero-order chi connectivity index (χ0) is 46.3. The lowest BCUT2D eigenvalue weighted by atomic mass is 10.0. The van der Waals surface area contributed by atoms with Crippen LogP contribution < -0.4 is 43.4 Å². The molecule has 9 amide bonds. The molecule has 9 atom stereocenters. The Kier molecular flexibility index (Phi) is 19.1. The van der Waals surface area contributed by atoms with Gasteiger partial charge in [0.1, 0.15) is 42.3 Å². The van der Waals surface area contributed by atoms with Crippen LogP contribution in [0.1, 0.15) is 51.5 Å². The van der Waals surface area contributed by atoms with Crippen LogP contribution in [-0.4, -0.2) is 177 Å². The third-order valence-electron chi connectivity index (χ3n) is 10.1. The average Bonchev–Trinajstić information content (AvgIpc) is 3.93. The summed E-state index contributed by atoms with van der Waals surface area (Å²) in [4.78, 5) is 131. The minimum absolute atomic E-state index is 0.0584. The Morgan fingerprint density at radius 2 is 1.31 bits per heavy atom. The van der Waals surface area contributed by atoms with Crippen molar-refractivity contribution in [2.75, 3.05) is 32.8 Å². The third-order valence-corrected chi connectivity index (χ3v) is 10.1. The second kappa shape index (κ2) is 23.7. The fourth-order valence-electron chi connectivity index (χ4n) is 6.84. The minimum Gasteiger partial charge on any atom is -0.480 e. The molecule has 14 N–H and O–H groups in total. The van der Waals surface area contributed by atoms with Crippen molar-refractivity contribution in [3.63, 3.8) is 0 Å². The number of aliphatic carboxylic acids is 1. The smallest absolute Gasteiger partial charge is 0.326 e. The molecule has 0 aliphatic carbocycles. The highest BCUT2D eigenvalue weighted by Crippen LogP contribution is 2.20. The van der Waals surface area contributed by atoms with E-state index >= 15 is 0 Å². The number of rotatable bonds is 22. The Balaban J connectivity index is 1.69. The van der Waals surface area contributed by atoms with Gasteiger partial charge in [-0.25, -0.2) is 4.79 Å². The molecule has 0 radical (unpaired) electrons. The standard InChI is InChI=1S/C38H56N10O14/c1-19(50)30(36(59)42-17-29(54)47-12-7-11-26(47)38(61)62)45-34(57)23(14-21-8-4-3-5-9-21)44-33(56)24(15-27(40)52)43-28(53)16-41-35(58)25-10-6-13-48(25)37(60)31(20(2)51)46-32(55)22(39)18-49/h3-5,8-9,19-20,22-26,30-31,49-51H,6-7,10-18,39H2,1-2H3,(H2,40,52)(H,41,58)(H,42,59)(H,43,53)(H,44,56)(H,45,57)(H,46,55)(H,61,62)/t19-,20-,22+,23+,24+,25+,26+,30+,31+/m1/s1. The monoisotopic (exact) mass is 876 g/mol. The molecule has 0 unspecified atom stereocenters. The molecule has 3 rings (SSSR count). The average molecular weight is 877 g/mol. The van der Waals surface area contributed by atoms with E-state index in [0.717, 1.165) is 9.80 Å². The second-order valence-corrected chi connectivity index (χ2v) is 15.0. The lowest BCUT2D eigenvalue weighted by Gasteiger charge is -2.30. The minimum atomic E-state index is -1.70. The first kappa shape index (κ1) is 50.1. The summed E-state index contributed by atoms with van der Waals surface area (Å²) in [6, 6.07) is -1.74. The number of hydrogen-bond donors (Lipinski definition) is 12. The highest BCUT2D eigenvalue weighted by molar-refractivity contribution is 5.98. The van der Waals surface area contributed by atoms with Crippen molar-refractivity contribution in [3.05, 3.63) is 35.9 Å².